The van der Waals surface area contributed by atoms with Crippen LogP contribution in [0.5, 0.6) is 0 Å². The Morgan fingerprint density at radius 3 is 2.44 bits per heavy atom. The van der Waals surface area contributed by atoms with Gasteiger partial charge in [0.2, 0.25) is 10.0 Å². The van der Waals surface area contributed by atoms with Crippen molar-refractivity contribution < 1.29 is 22.0 Å². The normalized spacial score (nSPS) is 16.0. The number of rotatable bonds is 3. The minimum absolute atomic E-state index is 0.0142. The molecule has 132 valence electrons. The van der Waals surface area contributed by atoms with Gasteiger partial charge >= 0.3 is 0 Å². The van der Waals surface area contributed by atoms with Crippen LogP contribution < -0.4 is 9.62 Å². The summed E-state index contributed by atoms with van der Waals surface area (Å²) in [7, 11) is -3.46. The number of hydrogen-bond donors (Lipinski definition) is 1. The van der Waals surface area contributed by atoms with E-state index in [-0.39, 0.29) is 28.7 Å². The second-order valence-corrected chi connectivity index (χ2v) is 7.88. The van der Waals surface area contributed by atoms with E-state index >= 15 is 0 Å². The van der Waals surface area contributed by atoms with Gasteiger partial charge in [-0.2, -0.15) is 0 Å². The first-order valence-electron chi connectivity index (χ1n) is 7.35. The summed E-state index contributed by atoms with van der Waals surface area (Å²) >= 11 is 6.07. The second kappa shape index (κ2) is 6.61. The van der Waals surface area contributed by atoms with Crippen LogP contribution in [0.3, 0.4) is 0 Å². The summed E-state index contributed by atoms with van der Waals surface area (Å²) in [5, 5.41) is 2.55. The number of halogens is 3. The van der Waals surface area contributed by atoms with E-state index in [1.807, 2.05) is 0 Å². The molecule has 0 atom stereocenters. The Morgan fingerprint density at radius 1 is 1.16 bits per heavy atom. The SMILES string of the molecule is O=C(Nc1ccc(Cl)c(N2CCCS2(=O)=O)c1)c1c(F)cccc1F. The summed E-state index contributed by atoms with van der Waals surface area (Å²) in [5.41, 5.74) is -0.326. The lowest BCUT2D eigenvalue weighted by Gasteiger charge is -2.19. The summed E-state index contributed by atoms with van der Waals surface area (Å²) in [5.74, 6) is -2.95. The van der Waals surface area contributed by atoms with Gasteiger partial charge in [0.1, 0.15) is 17.2 Å². The molecule has 0 spiro atoms. The van der Waals surface area contributed by atoms with Gasteiger partial charge in [-0.3, -0.25) is 9.10 Å². The molecule has 0 aromatic heterocycles. The van der Waals surface area contributed by atoms with Crippen molar-refractivity contribution in [1.82, 2.24) is 0 Å². The predicted molar refractivity (Wildman–Crippen MR) is 91.5 cm³/mol. The number of nitrogens with one attached hydrogen (secondary N) is 1. The molecule has 0 unspecified atom stereocenters. The van der Waals surface area contributed by atoms with Crippen LogP contribution in [0.25, 0.3) is 0 Å². The summed E-state index contributed by atoms with van der Waals surface area (Å²) < 4.78 is 52.6. The van der Waals surface area contributed by atoms with Crippen molar-refractivity contribution in [2.24, 2.45) is 0 Å². The van der Waals surface area contributed by atoms with Crippen LogP contribution in [0.15, 0.2) is 36.4 Å². The van der Waals surface area contributed by atoms with Gasteiger partial charge in [0, 0.05) is 12.2 Å². The lowest BCUT2D eigenvalue weighted by atomic mass is 10.1. The molecule has 25 heavy (non-hydrogen) atoms. The lowest BCUT2D eigenvalue weighted by molar-refractivity contribution is 0.101. The summed E-state index contributed by atoms with van der Waals surface area (Å²) in [6, 6.07) is 7.30. The molecule has 0 saturated carbocycles. The maximum atomic E-state index is 13.7. The first-order chi connectivity index (χ1) is 11.8. The third-order valence-electron chi connectivity index (χ3n) is 3.76. The maximum absolute atomic E-state index is 13.7. The number of anilines is 2. The third kappa shape index (κ3) is 3.45. The van der Waals surface area contributed by atoms with E-state index in [0.29, 0.717) is 6.42 Å². The van der Waals surface area contributed by atoms with Crippen LogP contribution in [0.2, 0.25) is 5.02 Å². The first kappa shape index (κ1) is 17.6. The number of nitrogens with zero attached hydrogens (tertiary/aromatic N) is 1. The fourth-order valence-corrected chi connectivity index (χ4v) is 4.44. The van der Waals surface area contributed by atoms with Crippen molar-refractivity contribution in [3.8, 4) is 0 Å². The third-order valence-corrected chi connectivity index (χ3v) is 5.94. The van der Waals surface area contributed by atoms with Gasteiger partial charge in [-0.05, 0) is 36.8 Å². The molecule has 1 saturated heterocycles. The molecule has 1 fully saturated rings. The molecule has 0 radical (unpaired) electrons. The number of hydrogen-bond acceptors (Lipinski definition) is 3. The molecule has 1 amide bonds. The van der Waals surface area contributed by atoms with E-state index in [1.165, 1.54) is 18.2 Å². The molecular formula is C16H13ClF2N2O3S. The van der Waals surface area contributed by atoms with Crippen LogP contribution in [-0.4, -0.2) is 26.6 Å². The Kier molecular flexibility index (Phi) is 4.66. The van der Waals surface area contributed by atoms with Crippen LogP contribution in [0.4, 0.5) is 20.2 Å². The Hall–Kier alpha value is -2.19. The molecule has 0 bridgehead atoms. The van der Waals surface area contributed by atoms with E-state index < -0.39 is 33.1 Å². The highest BCUT2D eigenvalue weighted by Crippen LogP contribution is 2.33. The smallest absolute Gasteiger partial charge is 0.261 e. The predicted octanol–water partition coefficient (Wildman–Crippen LogP) is 3.41. The topological polar surface area (TPSA) is 66.5 Å². The molecule has 2 aromatic carbocycles. The van der Waals surface area contributed by atoms with Crippen molar-refractivity contribution in [2.45, 2.75) is 6.42 Å². The van der Waals surface area contributed by atoms with Crippen LogP contribution >= 0.6 is 11.6 Å². The van der Waals surface area contributed by atoms with E-state index in [1.54, 1.807) is 0 Å². The van der Waals surface area contributed by atoms with Gasteiger partial charge in [-0.25, -0.2) is 17.2 Å². The standard InChI is InChI=1S/C16H13ClF2N2O3S/c17-11-6-5-10(9-14(11)21-7-2-8-25(21,23)24)20-16(22)15-12(18)3-1-4-13(15)19/h1,3-6,9H,2,7-8H2,(H,20,22). The minimum Gasteiger partial charge on any atom is -0.322 e. The summed E-state index contributed by atoms with van der Waals surface area (Å²) in [6.07, 6.45) is 0.468. The fourth-order valence-electron chi connectivity index (χ4n) is 2.60. The van der Waals surface area contributed by atoms with E-state index in [0.717, 1.165) is 22.5 Å². The van der Waals surface area contributed by atoms with E-state index in [2.05, 4.69) is 5.32 Å². The average molecular weight is 387 g/mol. The first-order valence-corrected chi connectivity index (χ1v) is 9.33. The average Bonchev–Trinajstić information content (AvgIpc) is 2.88. The molecular weight excluding hydrogens is 374 g/mol. The van der Waals surface area contributed by atoms with Gasteiger partial charge in [-0.15, -0.1) is 0 Å². The molecule has 5 nitrogen and oxygen atoms in total. The molecule has 1 aliphatic heterocycles. The Morgan fingerprint density at radius 2 is 1.84 bits per heavy atom. The quantitative estimate of drug-likeness (QED) is 0.879. The Balaban J connectivity index is 1.92. The van der Waals surface area contributed by atoms with Crippen LogP contribution in [0.1, 0.15) is 16.8 Å². The Labute approximate surface area is 148 Å². The second-order valence-electron chi connectivity index (χ2n) is 5.46. The summed E-state index contributed by atoms with van der Waals surface area (Å²) in [6.45, 7) is 0.279. The number of benzene rings is 2. The lowest BCUT2D eigenvalue weighted by Crippen LogP contribution is -2.25. The molecule has 3 rings (SSSR count). The van der Waals surface area contributed by atoms with Crippen LogP contribution in [0, 0.1) is 11.6 Å². The van der Waals surface area contributed by atoms with Crippen molar-refractivity contribution in [3.05, 3.63) is 58.6 Å². The molecule has 9 heteroatoms. The van der Waals surface area contributed by atoms with Gasteiger partial charge in [0.05, 0.1) is 16.5 Å². The number of carbonyl (C=O) groups excluding carboxylic acids is 1. The number of sulfonamides is 1. The highest BCUT2D eigenvalue weighted by Gasteiger charge is 2.30. The van der Waals surface area contributed by atoms with Crippen LogP contribution in [-0.2, 0) is 10.0 Å². The zero-order valence-electron chi connectivity index (χ0n) is 12.8. The van der Waals surface area contributed by atoms with Gasteiger partial charge in [0.25, 0.3) is 5.91 Å². The zero-order chi connectivity index (χ0) is 18.2. The van der Waals surface area contributed by atoms with E-state index in [4.69, 9.17) is 11.6 Å². The number of carbonyl (C=O) groups is 1. The minimum atomic E-state index is -3.46. The summed E-state index contributed by atoms with van der Waals surface area (Å²) in [4.78, 5) is 12.1. The molecule has 0 aliphatic carbocycles. The van der Waals surface area contributed by atoms with Gasteiger partial charge in [-0.1, -0.05) is 17.7 Å². The van der Waals surface area contributed by atoms with Crippen molar-refractivity contribution in [2.75, 3.05) is 21.9 Å². The van der Waals surface area contributed by atoms with Crippen molar-refractivity contribution in [1.29, 1.82) is 0 Å². The zero-order valence-corrected chi connectivity index (χ0v) is 14.4. The van der Waals surface area contributed by atoms with Gasteiger partial charge < -0.3 is 5.32 Å². The maximum Gasteiger partial charge on any atom is 0.261 e. The van der Waals surface area contributed by atoms with Gasteiger partial charge in [0.15, 0.2) is 0 Å². The number of amides is 1. The molecule has 2 aromatic rings. The van der Waals surface area contributed by atoms with Crippen molar-refractivity contribution >= 4 is 38.9 Å². The highest BCUT2D eigenvalue weighted by molar-refractivity contribution is 7.93. The molecule has 1 heterocycles. The van der Waals surface area contributed by atoms with E-state index in [9.17, 15) is 22.0 Å². The largest absolute Gasteiger partial charge is 0.322 e. The molecule has 1 aliphatic rings. The molecule has 1 N–H and O–H groups in total. The van der Waals surface area contributed by atoms with Crippen molar-refractivity contribution in [3.63, 3.8) is 0 Å². The Bertz CT molecular complexity index is 930. The highest BCUT2D eigenvalue weighted by atomic mass is 35.5. The monoisotopic (exact) mass is 386 g/mol. The fraction of sp³-hybridized carbons (Fsp3) is 0.188.